The number of hydrogen-bond donors (Lipinski definition) is 2. The molecule has 138 valence electrons. The van der Waals surface area contributed by atoms with Gasteiger partial charge in [0.25, 0.3) is 5.22 Å². The van der Waals surface area contributed by atoms with Gasteiger partial charge in [-0.15, -0.1) is 10.2 Å². The van der Waals surface area contributed by atoms with Gasteiger partial charge in [-0.1, -0.05) is 53.7 Å². The van der Waals surface area contributed by atoms with E-state index < -0.39 is 11.9 Å². The van der Waals surface area contributed by atoms with Gasteiger partial charge in [0, 0.05) is 17.1 Å². The third kappa shape index (κ3) is 5.83. The fourth-order valence-electron chi connectivity index (χ4n) is 2.09. The minimum Gasteiger partial charge on any atom is -0.411 e. The number of rotatable bonds is 6. The zero-order valence-electron chi connectivity index (χ0n) is 14.0. The first-order chi connectivity index (χ1) is 13.1. The molecule has 2 aromatic carbocycles. The summed E-state index contributed by atoms with van der Waals surface area (Å²) in [5.41, 5.74) is 1.67. The van der Waals surface area contributed by atoms with E-state index >= 15 is 0 Å². The Bertz CT molecular complexity index is 916. The van der Waals surface area contributed by atoms with Crippen LogP contribution in [0.1, 0.15) is 5.56 Å². The lowest BCUT2D eigenvalue weighted by molar-refractivity contribution is -0.117. The minimum atomic E-state index is -0.558. The third-order valence-electron chi connectivity index (χ3n) is 3.37. The molecule has 0 spiro atoms. The standard InChI is InChI=1S/C18H15ClN4O3S/c19-14-8-6-13(7-9-14)16-22-23-18(26-16)27-11-15(24)21-17(25)20-10-12-4-2-1-3-5-12/h1-9H,10-11H2,(H2,20,21,24,25). The van der Waals surface area contributed by atoms with E-state index in [-0.39, 0.29) is 11.0 Å². The lowest BCUT2D eigenvalue weighted by atomic mass is 10.2. The van der Waals surface area contributed by atoms with Gasteiger partial charge in [-0.2, -0.15) is 0 Å². The molecule has 3 aromatic rings. The minimum absolute atomic E-state index is 0.0268. The van der Waals surface area contributed by atoms with E-state index in [1.54, 1.807) is 24.3 Å². The first-order valence-corrected chi connectivity index (χ1v) is 9.30. The monoisotopic (exact) mass is 402 g/mol. The molecule has 0 fully saturated rings. The summed E-state index contributed by atoms with van der Waals surface area (Å²) in [6.45, 7) is 0.335. The van der Waals surface area contributed by atoms with Crippen molar-refractivity contribution < 1.29 is 14.0 Å². The Kier molecular flexibility index (Phi) is 6.45. The first kappa shape index (κ1) is 18.9. The number of thioether (sulfide) groups is 1. The lowest BCUT2D eigenvalue weighted by Crippen LogP contribution is -2.39. The fraction of sp³-hybridized carbons (Fsp3) is 0.111. The Morgan fingerprint density at radius 1 is 1.04 bits per heavy atom. The van der Waals surface area contributed by atoms with Crippen molar-refractivity contribution in [3.63, 3.8) is 0 Å². The van der Waals surface area contributed by atoms with Crippen molar-refractivity contribution in [3.05, 3.63) is 65.2 Å². The molecule has 9 heteroatoms. The number of aromatic nitrogens is 2. The van der Waals surface area contributed by atoms with E-state index in [0.29, 0.717) is 17.5 Å². The van der Waals surface area contributed by atoms with Crippen molar-refractivity contribution >= 4 is 35.3 Å². The zero-order valence-corrected chi connectivity index (χ0v) is 15.6. The smallest absolute Gasteiger partial charge is 0.321 e. The molecule has 0 aliphatic carbocycles. The van der Waals surface area contributed by atoms with Gasteiger partial charge in [0.2, 0.25) is 11.8 Å². The molecular weight excluding hydrogens is 388 g/mol. The van der Waals surface area contributed by atoms with Gasteiger partial charge in [0.05, 0.1) is 5.75 Å². The molecule has 1 aromatic heterocycles. The summed E-state index contributed by atoms with van der Waals surface area (Å²) in [6, 6.07) is 15.8. The van der Waals surface area contributed by atoms with E-state index in [1.165, 1.54) is 0 Å². The van der Waals surface area contributed by atoms with Crippen LogP contribution in [0.3, 0.4) is 0 Å². The van der Waals surface area contributed by atoms with Crippen molar-refractivity contribution in [1.82, 2.24) is 20.8 Å². The summed E-state index contributed by atoms with van der Waals surface area (Å²) < 4.78 is 5.49. The van der Waals surface area contributed by atoms with Crippen LogP contribution in [-0.2, 0) is 11.3 Å². The largest absolute Gasteiger partial charge is 0.411 e. The van der Waals surface area contributed by atoms with E-state index in [1.807, 2.05) is 30.3 Å². The second kappa shape index (κ2) is 9.20. The molecule has 0 unspecified atom stereocenters. The molecular formula is C18H15ClN4O3S. The van der Waals surface area contributed by atoms with Gasteiger partial charge < -0.3 is 9.73 Å². The Labute approximate surface area is 164 Å². The van der Waals surface area contributed by atoms with Gasteiger partial charge in [0.15, 0.2) is 0 Å². The summed E-state index contributed by atoms with van der Waals surface area (Å²) >= 11 is 6.89. The molecule has 7 nitrogen and oxygen atoms in total. The maximum atomic E-state index is 11.9. The van der Waals surface area contributed by atoms with Crippen molar-refractivity contribution in [1.29, 1.82) is 0 Å². The van der Waals surface area contributed by atoms with Crippen LogP contribution in [0, 0.1) is 0 Å². The molecule has 0 saturated heterocycles. The number of carbonyl (C=O) groups is 2. The molecule has 0 radical (unpaired) electrons. The summed E-state index contributed by atoms with van der Waals surface area (Å²) in [6.07, 6.45) is 0. The van der Waals surface area contributed by atoms with Crippen LogP contribution < -0.4 is 10.6 Å². The van der Waals surface area contributed by atoms with Crippen molar-refractivity contribution in [3.8, 4) is 11.5 Å². The number of benzene rings is 2. The quantitative estimate of drug-likeness (QED) is 0.612. The number of halogens is 1. The highest BCUT2D eigenvalue weighted by atomic mass is 35.5. The molecule has 0 aliphatic rings. The third-order valence-corrected chi connectivity index (χ3v) is 4.44. The van der Waals surface area contributed by atoms with E-state index in [2.05, 4.69) is 20.8 Å². The van der Waals surface area contributed by atoms with Crippen LogP contribution in [-0.4, -0.2) is 27.9 Å². The van der Waals surface area contributed by atoms with Crippen LogP contribution >= 0.6 is 23.4 Å². The summed E-state index contributed by atoms with van der Waals surface area (Å²) in [5, 5.41) is 13.5. The predicted octanol–water partition coefficient (Wildman–Crippen LogP) is 3.51. The molecule has 0 atom stereocenters. The van der Waals surface area contributed by atoms with Crippen LogP contribution in [0.5, 0.6) is 0 Å². The number of imide groups is 1. The normalized spacial score (nSPS) is 10.4. The second-order valence-corrected chi connectivity index (χ2v) is 6.75. The Hall–Kier alpha value is -2.84. The number of nitrogens with one attached hydrogen (secondary N) is 2. The van der Waals surface area contributed by atoms with E-state index in [9.17, 15) is 9.59 Å². The highest BCUT2D eigenvalue weighted by molar-refractivity contribution is 7.99. The van der Waals surface area contributed by atoms with E-state index in [0.717, 1.165) is 22.9 Å². The van der Waals surface area contributed by atoms with Gasteiger partial charge in [0.1, 0.15) is 0 Å². The highest BCUT2D eigenvalue weighted by Gasteiger charge is 2.13. The fourth-order valence-corrected chi connectivity index (χ4v) is 2.78. The van der Waals surface area contributed by atoms with Crippen molar-refractivity contribution in [2.45, 2.75) is 11.8 Å². The van der Waals surface area contributed by atoms with Gasteiger partial charge in [-0.3, -0.25) is 10.1 Å². The summed E-state index contributed by atoms with van der Waals surface area (Å²) in [4.78, 5) is 23.6. The SMILES string of the molecule is O=C(CSc1nnc(-c2ccc(Cl)cc2)o1)NC(=O)NCc1ccccc1. The predicted molar refractivity (Wildman–Crippen MR) is 102 cm³/mol. The van der Waals surface area contributed by atoms with Gasteiger partial charge >= 0.3 is 6.03 Å². The van der Waals surface area contributed by atoms with Crippen LogP contribution in [0.2, 0.25) is 5.02 Å². The van der Waals surface area contributed by atoms with Crippen molar-refractivity contribution in [2.75, 3.05) is 5.75 Å². The molecule has 3 amide bonds. The van der Waals surface area contributed by atoms with Crippen LogP contribution in [0.4, 0.5) is 4.79 Å². The molecule has 3 rings (SSSR count). The molecule has 2 N–H and O–H groups in total. The number of hydrogen-bond acceptors (Lipinski definition) is 6. The number of carbonyl (C=O) groups excluding carboxylic acids is 2. The molecule has 1 heterocycles. The molecule has 0 bridgehead atoms. The first-order valence-electron chi connectivity index (χ1n) is 7.94. The Morgan fingerprint density at radius 2 is 1.78 bits per heavy atom. The zero-order chi connectivity index (χ0) is 19.1. The van der Waals surface area contributed by atoms with Gasteiger partial charge in [-0.05, 0) is 29.8 Å². The van der Waals surface area contributed by atoms with Gasteiger partial charge in [-0.25, -0.2) is 4.79 Å². The highest BCUT2D eigenvalue weighted by Crippen LogP contribution is 2.24. The number of nitrogens with zero attached hydrogens (tertiary/aromatic N) is 2. The average Bonchev–Trinajstić information content (AvgIpc) is 3.15. The maximum absolute atomic E-state index is 11.9. The Balaban J connectivity index is 1.44. The second-order valence-electron chi connectivity index (χ2n) is 5.39. The lowest BCUT2D eigenvalue weighted by Gasteiger charge is -2.06. The topological polar surface area (TPSA) is 97.1 Å². The molecule has 0 saturated carbocycles. The summed E-state index contributed by atoms with van der Waals surface area (Å²) in [5.74, 6) is -0.159. The van der Waals surface area contributed by atoms with Crippen LogP contribution in [0.25, 0.3) is 11.5 Å². The van der Waals surface area contributed by atoms with Crippen molar-refractivity contribution in [2.24, 2.45) is 0 Å². The molecule has 0 aliphatic heterocycles. The maximum Gasteiger partial charge on any atom is 0.321 e. The number of urea groups is 1. The van der Waals surface area contributed by atoms with E-state index in [4.69, 9.17) is 16.0 Å². The Morgan fingerprint density at radius 3 is 2.52 bits per heavy atom. The summed E-state index contributed by atoms with van der Waals surface area (Å²) in [7, 11) is 0. The van der Waals surface area contributed by atoms with Crippen LogP contribution in [0.15, 0.2) is 64.2 Å². The number of amides is 3. The molecule has 27 heavy (non-hydrogen) atoms. The average molecular weight is 403 g/mol.